The third-order valence-electron chi connectivity index (χ3n) is 7.71. The van der Waals surface area contributed by atoms with Crippen molar-refractivity contribution in [3.63, 3.8) is 0 Å². The van der Waals surface area contributed by atoms with E-state index in [4.69, 9.17) is 23.2 Å². The number of hydrogen-bond donors (Lipinski definition) is 1. The highest BCUT2D eigenvalue weighted by Crippen LogP contribution is 2.36. The molecule has 2 aromatic carbocycles. The van der Waals surface area contributed by atoms with Crippen LogP contribution in [0.25, 0.3) is 0 Å². The highest BCUT2D eigenvalue weighted by atomic mass is 35.5. The molecule has 220 valence electrons. The van der Waals surface area contributed by atoms with Crippen LogP contribution in [0.3, 0.4) is 0 Å². The summed E-state index contributed by atoms with van der Waals surface area (Å²) < 4.78 is 79.7. The van der Waals surface area contributed by atoms with Crippen molar-refractivity contribution in [2.24, 2.45) is 0 Å². The number of likely N-dealkylation sites (tertiary alicyclic amines) is 2. The normalized spacial score (nSPS) is 19.8. The average molecular weight is 610 g/mol. The minimum Gasteiger partial charge on any atom is -0.351 e. The fraction of sp³-hybridized carbons (Fsp3) is 0.536. The van der Waals surface area contributed by atoms with Crippen molar-refractivity contribution >= 4 is 29.1 Å². The number of nitrogens with zero attached hydrogens (tertiary/aromatic N) is 2. The molecule has 2 aliphatic heterocycles. The van der Waals surface area contributed by atoms with Gasteiger partial charge in [0.2, 0.25) is 0 Å². The maximum atomic E-state index is 13.3. The second-order valence-corrected chi connectivity index (χ2v) is 11.3. The van der Waals surface area contributed by atoms with E-state index >= 15 is 0 Å². The third kappa shape index (κ3) is 8.05. The van der Waals surface area contributed by atoms with E-state index < -0.39 is 35.0 Å². The van der Waals surface area contributed by atoms with Crippen LogP contribution >= 0.6 is 23.2 Å². The van der Waals surface area contributed by atoms with Crippen molar-refractivity contribution in [3.8, 4) is 0 Å². The molecule has 2 aromatic rings. The zero-order chi connectivity index (χ0) is 29.1. The van der Waals surface area contributed by atoms with Gasteiger partial charge in [-0.2, -0.15) is 26.3 Å². The van der Waals surface area contributed by atoms with Crippen LogP contribution in [0.2, 0.25) is 10.0 Å². The van der Waals surface area contributed by atoms with Crippen LogP contribution in [0.4, 0.5) is 26.3 Å². The molecule has 4 nitrogen and oxygen atoms in total. The van der Waals surface area contributed by atoms with Crippen LogP contribution in [0.1, 0.15) is 65.1 Å². The van der Waals surface area contributed by atoms with Crippen molar-refractivity contribution in [2.75, 3.05) is 39.3 Å². The summed E-state index contributed by atoms with van der Waals surface area (Å²) in [6.07, 6.45) is -4.87. The molecule has 2 fully saturated rings. The number of rotatable bonds is 9. The molecule has 0 spiro atoms. The minimum atomic E-state index is -5.04. The summed E-state index contributed by atoms with van der Waals surface area (Å²) in [7, 11) is 0. The van der Waals surface area contributed by atoms with Crippen LogP contribution < -0.4 is 5.32 Å². The smallest absolute Gasteiger partial charge is 0.351 e. The van der Waals surface area contributed by atoms with Gasteiger partial charge in [-0.25, -0.2) is 0 Å². The number of benzene rings is 2. The van der Waals surface area contributed by atoms with Crippen molar-refractivity contribution in [2.45, 2.75) is 56.4 Å². The molecule has 0 aliphatic carbocycles. The van der Waals surface area contributed by atoms with Crippen LogP contribution in [0.5, 0.6) is 0 Å². The van der Waals surface area contributed by atoms with E-state index in [0.717, 1.165) is 51.1 Å². The summed E-state index contributed by atoms with van der Waals surface area (Å²) >= 11 is 12.3. The summed E-state index contributed by atoms with van der Waals surface area (Å²) in [6, 6.07) is 6.37. The largest absolute Gasteiger partial charge is 0.416 e. The van der Waals surface area contributed by atoms with E-state index in [1.165, 1.54) is 12.8 Å². The molecule has 0 aromatic heterocycles. The number of halogens is 8. The lowest BCUT2D eigenvalue weighted by Gasteiger charge is -2.30. The maximum Gasteiger partial charge on any atom is 0.416 e. The molecule has 2 aliphatic rings. The monoisotopic (exact) mass is 609 g/mol. The number of nitrogens with one attached hydrogen (secondary N) is 1. The lowest BCUT2D eigenvalue weighted by molar-refractivity contribution is -0.143. The molecule has 1 amide bonds. The minimum absolute atomic E-state index is 0.000969. The Morgan fingerprint density at radius 2 is 1.55 bits per heavy atom. The molecule has 4 rings (SSSR count). The molecule has 2 atom stereocenters. The molecule has 2 unspecified atom stereocenters. The Bertz CT molecular complexity index is 1150. The first-order valence-electron chi connectivity index (χ1n) is 13.3. The predicted molar refractivity (Wildman–Crippen MR) is 143 cm³/mol. The predicted octanol–water partition coefficient (Wildman–Crippen LogP) is 7.49. The summed E-state index contributed by atoms with van der Waals surface area (Å²) in [5.74, 6) is -1.31. The molecular formula is C28H31Cl2F6N3O. The van der Waals surface area contributed by atoms with E-state index in [-0.39, 0.29) is 18.5 Å². The Labute approximate surface area is 239 Å². The number of hydrogen-bond acceptors (Lipinski definition) is 3. The first-order chi connectivity index (χ1) is 18.8. The quantitative estimate of drug-likeness (QED) is 0.299. The Morgan fingerprint density at radius 1 is 0.900 bits per heavy atom. The molecule has 0 saturated carbocycles. The average Bonchev–Trinajstić information content (AvgIpc) is 3.57. The Morgan fingerprint density at radius 3 is 2.15 bits per heavy atom. The van der Waals surface area contributed by atoms with Crippen molar-refractivity contribution in [1.82, 2.24) is 15.1 Å². The Balaban J connectivity index is 1.49. The molecule has 2 heterocycles. The number of carbonyl (C=O) groups is 1. The molecular weight excluding hydrogens is 579 g/mol. The highest BCUT2D eigenvalue weighted by molar-refractivity contribution is 6.42. The topological polar surface area (TPSA) is 35.6 Å². The van der Waals surface area contributed by atoms with Gasteiger partial charge in [0.15, 0.2) is 0 Å². The van der Waals surface area contributed by atoms with Crippen molar-refractivity contribution < 1.29 is 31.1 Å². The van der Waals surface area contributed by atoms with Crippen molar-refractivity contribution in [1.29, 1.82) is 0 Å². The van der Waals surface area contributed by atoms with Gasteiger partial charge in [-0.15, -0.1) is 0 Å². The standard InChI is InChI=1S/C28H31Cl2F6N3O/c29-24-6-5-18(14-25(24)30)19(7-11-39-10-3-4-23(39)17-38-8-1-2-9-38)16-37-26(40)20-12-21(27(31,32)33)15-22(13-20)28(34,35)36/h5-6,12-15,19,23H,1-4,7-11,16-17H2,(H,37,40). The number of carbonyl (C=O) groups excluding carboxylic acids is 1. The molecule has 40 heavy (non-hydrogen) atoms. The van der Waals surface area contributed by atoms with Crippen LogP contribution in [0.15, 0.2) is 36.4 Å². The van der Waals surface area contributed by atoms with Gasteiger partial charge >= 0.3 is 12.4 Å². The van der Waals surface area contributed by atoms with E-state index in [1.54, 1.807) is 18.2 Å². The van der Waals surface area contributed by atoms with E-state index in [0.29, 0.717) is 34.6 Å². The van der Waals surface area contributed by atoms with Crippen LogP contribution in [-0.4, -0.2) is 61.0 Å². The Hall–Kier alpha value is -2.01. The van der Waals surface area contributed by atoms with Gasteiger partial charge in [-0.1, -0.05) is 29.3 Å². The van der Waals surface area contributed by atoms with Crippen LogP contribution in [-0.2, 0) is 12.4 Å². The van der Waals surface area contributed by atoms with Gasteiger partial charge in [-0.3, -0.25) is 9.69 Å². The second kappa shape index (κ2) is 12.9. The molecule has 12 heteroatoms. The van der Waals surface area contributed by atoms with Gasteiger partial charge < -0.3 is 10.2 Å². The maximum absolute atomic E-state index is 13.3. The van der Waals surface area contributed by atoms with Gasteiger partial charge in [0.1, 0.15) is 0 Å². The summed E-state index contributed by atoms with van der Waals surface area (Å²) in [6.45, 7) is 4.89. The van der Waals surface area contributed by atoms with Gasteiger partial charge in [0.05, 0.1) is 21.2 Å². The first-order valence-corrected chi connectivity index (χ1v) is 14.1. The summed E-state index contributed by atoms with van der Waals surface area (Å²) in [4.78, 5) is 17.8. The lowest BCUT2D eigenvalue weighted by atomic mass is 9.94. The van der Waals surface area contributed by atoms with Gasteiger partial charge in [0.25, 0.3) is 5.91 Å². The summed E-state index contributed by atoms with van der Waals surface area (Å²) in [5, 5.41) is 3.22. The summed E-state index contributed by atoms with van der Waals surface area (Å²) in [5.41, 5.74) is -3.01. The molecule has 2 saturated heterocycles. The van der Waals surface area contributed by atoms with E-state index in [2.05, 4.69) is 15.1 Å². The van der Waals surface area contributed by atoms with Crippen LogP contribution in [0, 0.1) is 0 Å². The lowest BCUT2D eigenvalue weighted by Crippen LogP contribution is -2.40. The Kier molecular flexibility index (Phi) is 9.96. The molecule has 0 bridgehead atoms. The number of alkyl halides is 6. The first kappa shape index (κ1) is 30.9. The van der Waals surface area contributed by atoms with Crippen molar-refractivity contribution in [3.05, 3.63) is 68.7 Å². The highest BCUT2D eigenvalue weighted by Gasteiger charge is 2.37. The van der Waals surface area contributed by atoms with Gasteiger partial charge in [-0.05, 0) is 94.2 Å². The van der Waals surface area contributed by atoms with E-state index in [1.807, 2.05) is 0 Å². The fourth-order valence-electron chi connectivity index (χ4n) is 5.54. The SMILES string of the molecule is O=C(NCC(CCN1CCCC1CN1CCCC1)c1ccc(Cl)c(Cl)c1)c1cc(C(F)(F)F)cc(C(F)(F)F)c1. The third-order valence-corrected chi connectivity index (χ3v) is 8.44. The second-order valence-electron chi connectivity index (χ2n) is 10.5. The molecule has 0 radical (unpaired) electrons. The zero-order valence-corrected chi connectivity index (χ0v) is 23.2. The molecule has 1 N–H and O–H groups in total. The van der Waals surface area contributed by atoms with E-state index in [9.17, 15) is 31.1 Å². The van der Waals surface area contributed by atoms with Gasteiger partial charge in [0, 0.05) is 30.6 Å². The zero-order valence-electron chi connectivity index (χ0n) is 21.7. The fourth-order valence-corrected chi connectivity index (χ4v) is 5.84. The number of amides is 1.